The van der Waals surface area contributed by atoms with E-state index in [0.717, 1.165) is 24.8 Å². The minimum atomic E-state index is -0.608. The van der Waals surface area contributed by atoms with Crippen LogP contribution in [0.4, 0.5) is 16.3 Å². The molecule has 3 N–H and O–H groups in total. The van der Waals surface area contributed by atoms with Crippen LogP contribution >= 0.6 is 11.8 Å². The van der Waals surface area contributed by atoms with E-state index in [1.807, 2.05) is 30.3 Å². The van der Waals surface area contributed by atoms with E-state index in [4.69, 9.17) is 4.74 Å². The molecule has 3 aromatic rings. The van der Waals surface area contributed by atoms with Crippen molar-refractivity contribution in [1.82, 2.24) is 30.9 Å². The van der Waals surface area contributed by atoms with Gasteiger partial charge in [-0.05, 0) is 43.5 Å². The van der Waals surface area contributed by atoms with Gasteiger partial charge in [-0.3, -0.25) is 9.59 Å². The van der Waals surface area contributed by atoms with Crippen LogP contribution in [0.15, 0.2) is 72.7 Å². The summed E-state index contributed by atoms with van der Waals surface area (Å²) in [4.78, 5) is 53.2. The average molecular weight is 544 g/mol. The molecule has 4 atom stereocenters. The molecule has 4 amide bonds. The maximum Gasteiger partial charge on any atom is 0.328 e. The van der Waals surface area contributed by atoms with Crippen molar-refractivity contribution in [3.8, 4) is 11.6 Å². The molecule has 0 saturated heterocycles. The molecule has 0 radical (unpaired) electrons. The molecule has 11 nitrogen and oxygen atoms in total. The fourth-order valence-electron chi connectivity index (χ4n) is 5.15. The predicted molar refractivity (Wildman–Crippen MR) is 144 cm³/mol. The highest BCUT2D eigenvalue weighted by Gasteiger charge is 2.47. The lowest BCUT2D eigenvalue weighted by atomic mass is 10.00. The largest absolute Gasteiger partial charge is 0.438 e. The van der Waals surface area contributed by atoms with E-state index in [0.29, 0.717) is 28.2 Å². The number of carbonyl (C=O) groups excluding carboxylic acids is 3. The number of hydrogen-bond acceptors (Lipinski definition) is 8. The van der Waals surface area contributed by atoms with E-state index in [1.165, 1.54) is 35.1 Å². The van der Waals surface area contributed by atoms with Crippen LogP contribution in [-0.2, 0) is 9.59 Å². The van der Waals surface area contributed by atoms with Crippen molar-refractivity contribution in [1.29, 1.82) is 0 Å². The molecule has 2 aliphatic heterocycles. The van der Waals surface area contributed by atoms with Gasteiger partial charge in [-0.2, -0.15) is 0 Å². The number of pyridine rings is 1. The second-order valence-corrected chi connectivity index (χ2v) is 10.5. The summed E-state index contributed by atoms with van der Waals surface area (Å²) in [5.74, 6) is 0.750. The highest BCUT2D eigenvalue weighted by molar-refractivity contribution is 8.01. The lowest BCUT2D eigenvalue weighted by Gasteiger charge is -2.33. The number of rotatable bonds is 7. The van der Waals surface area contributed by atoms with Gasteiger partial charge in [0.15, 0.2) is 5.82 Å². The van der Waals surface area contributed by atoms with Crippen molar-refractivity contribution in [2.24, 2.45) is 0 Å². The van der Waals surface area contributed by atoms with Gasteiger partial charge in [-0.25, -0.2) is 24.6 Å². The first-order valence-corrected chi connectivity index (χ1v) is 13.4. The third-order valence-electron chi connectivity index (χ3n) is 6.93. The van der Waals surface area contributed by atoms with Gasteiger partial charge in [0.25, 0.3) is 0 Å². The van der Waals surface area contributed by atoms with Gasteiger partial charge in [0.05, 0.1) is 24.1 Å². The van der Waals surface area contributed by atoms with Crippen LogP contribution in [0.3, 0.4) is 0 Å². The highest BCUT2D eigenvalue weighted by Crippen LogP contribution is 2.50. The number of hydrogen-bond donors (Lipinski definition) is 3. The predicted octanol–water partition coefficient (Wildman–Crippen LogP) is 3.38. The Hall–Kier alpha value is -4.45. The third-order valence-corrected chi connectivity index (χ3v) is 8.22. The average Bonchev–Trinajstić information content (AvgIpc) is 3.54. The van der Waals surface area contributed by atoms with E-state index in [1.54, 1.807) is 12.3 Å². The van der Waals surface area contributed by atoms with Gasteiger partial charge in [0, 0.05) is 23.8 Å². The van der Waals surface area contributed by atoms with E-state index < -0.39 is 17.3 Å². The molecular formula is C27H25N7O4S. The van der Waals surface area contributed by atoms with E-state index in [2.05, 4.69) is 37.5 Å². The van der Waals surface area contributed by atoms with E-state index >= 15 is 0 Å². The van der Waals surface area contributed by atoms with Crippen molar-refractivity contribution >= 4 is 41.1 Å². The second kappa shape index (κ2) is 10.4. The Bertz CT molecular complexity index is 1440. The monoisotopic (exact) mass is 543 g/mol. The van der Waals surface area contributed by atoms with Gasteiger partial charge >= 0.3 is 6.03 Å². The Morgan fingerprint density at radius 1 is 1.08 bits per heavy atom. The molecule has 3 aliphatic rings. The Balaban J connectivity index is 1.21. The number of urea groups is 1. The third kappa shape index (κ3) is 4.78. The number of anilines is 2. The summed E-state index contributed by atoms with van der Waals surface area (Å²) in [6.45, 7) is 3.50. The highest BCUT2D eigenvalue weighted by atomic mass is 32.2. The number of nitrogens with one attached hydrogen (secondary N) is 3. The fourth-order valence-corrected chi connectivity index (χ4v) is 6.39. The number of para-hydroxylation sites is 1. The molecule has 1 aliphatic carbocycles. The topological polar surface area (TPSA) is 138 Å². The first-order valence-electron chi connectivity index (χ1n) is 12.6. The molecule has 4 heterocycles. The van der Waals surface area contributed by atoms with E-state index in [-0.39, 0.29) is 23.9 Å². The quantitative estimate of drug-likeness (QED) is 0.386. The molecule has 0 spiro atoms. The Morgan fingerprint density at radius 2 is 1.87 bits per heavy atom. The van der Waals surface area contributed by atoms with Crippen molar-refractivity contribution in [2.45, 2.75) is 47.7 Å². The molecular weight excluding hydrogens is 518 g/mol. The number of carbonyl (C=O) groups is 3. The molecule has 12 heteroatoms. The smallest absolute Gasteiger partial charge is 0.328 e. The Labute approximate surface area is 228 Å². The van der Waals surface area contributed by atoms with Crippen molar-refractivity contribution in [3.05, 3.63) is 73.2 Å². The van der Waals surface area contributed by atoms with Gasteiger partial charge in [0.2, 0.25) is 17.7 Å². The lowest BCUT2D eigenvalue weighted by molar-refractivity contribution is -0.122. The van der Waals surface area contributed by atoms with Crippen LogP contribution in [0.5, 0.6) is 11.6 Å². The number of aromatic nitrogens is 3. The van der Waals surface area contributed by atoms with Crippen LogP contribution in [0.1, 0.15) is 30.9 Å². The normalized spacial score (nSPS) is 23.0. The minimum absolute atomic E-state index is 0.161. The summed E-state index contributed by atoms with van der Waals surface area (Å²) in [5, 5.41) is 9.02. The van der Waals surface area contributed by atoms with E-state index in [9.17, 15) is 14.4 Å². The summed E-state index contributed by atoms with van der Waals surface area (Å²) in [6, 6.07) is 9.61. The van der Waals surface area contributed by atoms with Crippen LogP contribution in [0.25, 0.3) is 0 Å². The number of thioether (sulfide) groups is 1. The number of amides is 4. The van der Waals surface area contributed by atoms with Crippen LogP contribution in [0, 0.1) is 0 Å². The number of benzene rings is 1. The fraction of sp³-hybridized carbons (Fsp3) is 0.259. The summed E-state index contributed by atoms with van der Waals surface area (Å²) in [6.07, 6.45) is 8.19. The van der Waals surface area contributed by atoms with Gasteiger partial charge < -0.3 is 20.7 Å². The Kier molecular flexibility index (Phi) is 6.61. The molecule has 198 valence electrons. The molecule has 6 rings (SSSR count). The Morgan fingerprint density at radius 3 is 2.62 bits per heavy atom. The SMILES string of the molecule is C=CC(=O)N[C@H]1CCC[C@H]1NC(=O)C1Sc2nccc3c2C1NC(=O)N3c1cnc(Oc2ccccc2)cn1. The summed E-state index contributed by atoms with van der Waals surface area (Å²) in [7, 11) is 0. The molecule has 2 aromatic heterocycles. The lowest BCUT2D eigenvalue weighted by Crippen LogP contribution is -2.53. The zero-order chi connectivity index (χ0) is 26.9. The van der Waals surface area contributed by atoms with Gasteiger partial charge in [0.1, 0.15) is 16.0 Å². The second-order valence-electron chi connectivity index (χ2n) is 9.34. The molecule has 1 fully saturated rings. The first kappa shape index (κ1) is 24.9. The van der Waals surface area contributed by atoms with Crippen molar-refractivity contribution < 1.29 is 19.1 Å². The zero-order valence-corrected chi connectivity index (χ0v) is 21.6. The summed E-state index contributed by atoms with van der Waals surface area (Å²) in [5.41, 5.74) is 1.36. The van der Waals surface area contributed by atoms with Crippen LogP contribution < -0.4 is 25.6 Å². The molecule has 1 saturated carbocycles. The van der Waals surface area contributed by atoms with Crippen molar-refractivity contribution in [2.75, 3.05) is 4.90 Å². The maximum absolute atomic E-state index is 13.4. The van der Waals surface area contributed by atoms with Gasteiger partial charge in [-0.1, -0.05) is 36.5 Å². The van der Waals surface area contributed by atoms with Crippen molar-refractivity contribution in [3.63, 3.8) is 0 Å². The van der Waals surface area contributed by atoms with Crippen LogP contribution in [-0.4, -0.2) is 50.1 Å². The molecule has 1 aromatic carbocycles. The summed E-state index contributed by atoms with van der Waals surface area (Å²) < 4.78 is 5.71. The zero-order valence-electron chi connectivity index (χ0n) is 20.7. The number of nitrogens with zero attached hydrogens (tertiary/aromatic N) is 4. The molecule has 39 heavy (non-hydrogen) atoms. The summed E-state index contributed by atoms with van der Waals surface area (Å²) >= 11 is 1.31. The number of ether oxygens (including phenoxy) is 1. The maximum atomic E-state index is 13.4. The standard InChI is InChI=1S/C27H25N7O4S/c1-2-20(35)31-16-9-6-10-17(16)32-25(36)24-23-22-18(11-12-28-26(22)39-24)34(27(37)33-23)19-13-30-21(14-29-19)38-15-7-4-3-5-8-15/h2-5,7-8,11-14,16-17,23-24H,1,6,9-10H2,(H,31,35)(H,32,36)(H,33,37)/t16-,17+,23?,24?/m0/s1. The van der Waals surface area contributed by atoms with Crippen LogP contribution in [0.2, 0.25) is 0 Å². The molecule has 2 unspecified atom stereocenters. The van der Waals surface area contributed by atoms with Gasteiger partial charge in [-0.15, -0.1) is 0 Å². The first-order chi connectivity index (χ1) is 19.0. The minimum Gasteiger partial charge on any atom is -0.438 e. The molecule has 0 bridgehead atoms.